The van der Waals surface area contributed by atoms with Crippen molar-refractivity contribution in [3.8, 4) is 11.1 Å². The number of anilines is 4. The second kappa shape index (κ2) is 17.2. The Bertz CT molecular complexity index is 2200. The molecule has 0 radical (unpaired) electrons. The summed E-state index contributed by atoms with van der Waals surface area (Å²) in [5.41, 5.74) is 30.8. The number of nitrogens with zero attached hydrogens (tertiary/aromatic N) is 6. The Morgan fingerprint density at radius 3 is 2.07 bits per heavy atom. The van der Waals surface area contributed by atoms with Gasteiger partial charge in [-0.25, -0.2) is 9.97 Å². The zero-order chi connectivity index (χ0) is 38.6. The number of nitrogens with two attached hydrogens (primary N) is 3. The molecule has 0 saturated carbocycles. The molecular formula is C43H53N9S3. The van der Waals surface area contributed by atoms with Crippen LogP contribution in [-0.2, 0) is 19.5 Å². The third-order valence-corrected chi connectivity index (χ3v) is 12.5. The number of rotatable bonds is 9. The summed E-state index contributed by atoms with van der Waals surface area (Å²) in [5, 5.41) is 2.35. The summed E-state index contributed by atoms with van der Waals surface area (Å²) in [7, 11) is 0. The van der Waals surface area contributed by atoms with E-state index in [0.717, 1.165) is 134 Å². The Hall–Kier alpha value is -4.33. The Balaban J connectivity index is 0.00000150. The van der Waals surface area contributed by atoms with E-state index in [1.807, 2.05) is 36.5 Å². The molecule has 6 N–H and O–H groups in total. The molecule has 0 atom stereocenters. The summed E-state index contributed by atoms with van der Waals surface area (Å²) in [6.45, 7) is 21.7. The number of thiol groups is 1. The van der Waals surface area contributed by atoms with Crippen LogP contribution >= 0.6 is 35.3 Å². The van der Waals surface area contributed by atoms with Crippen LogP contribution in [-0.4, -0.2) is 77.9 Å². The molecule has 9 nitrogen and oxygen atoms in total. The number of hydrogen-bond donors (Lipinski definition) is 4. The number of nitrogen functional groups attached to an aromatic ring is 2. The van der Waals surface area contributed by atoms with Gasteiger partial charge in [0, 0.05) is 96.8 Å². The van der Waals surface area contributed by atoms with Crippen molar-refractivity contribution in [1.29, 1.82) is 0 Å². The van der Waals surface area contributed by atoms with Gasteiger partial charge in [0.25, 0.3) is 0 Å². The third kappa shape index (κ3) is 8.89. The van der Waals surface area contributed by atoms with Crippen molar-refractivity contribution in [3.05, 3.63) is 99.5 Å². The Morgan fingerprint density at radius 2 is 1.44 bits per heavy atom. The van der Waals surface area contributed by atoms with Gasteiger partial charge >= 0.3 is 0 Å². The minimum atomic E-state index is 0.563. The first kappa shape index (κ1) is 38.9. The molecule has 0 amide bonds. The second-order valence-corrected chi connectivity index (χ2v) is 17.5. The molecule has 2 aromatic heterocycles. The van der Waals surface area contributed by atoms with Crippen LogP contribution in [0.2, 0.25) is 0 Å². The quantitative estimate of drug-likeness (QED) is 0.0869. The molecular weight excluding hydrogens is 739 g/mol. The first-order valence-corrected chi connectivity index (χ1v) is 21.4. The third-order valence-electron chi connectivity index (χ3n) is 10.4. The molecule has 8 rings (SSSR count). The summed E-state index contributed by atoms with van der Waals surface area (Å²) in [5.74, 6) is 0.944. The van der Waals surface area contributed by atoms with Crippen LogP contribution in [0.4, 0.5) is 22.7 Å². The zero-order valence-corrected chi connectivity index (χ0v) is 34.6. The van der Waals surface area contributed by atoms with Crippen molar-refractivity contribution in [3.63, 3.8) is 0 Å². The van der Waals surface area contributed by atoms with Gasteiger partial charge in [-0.3, -0.25) is 9.80 Å². The van der Waals surface area contributed by atoms with E-state index in [0.29, 0.717) is 5.70 Å². The molecule has 2 fully saturated rings. The van der Waals surface area contributed by atoms with Crippen LogP contribution in [0.25, 0.3) is 38.7 Å². The van der Waals surface area contributed by atoms with E-state index in [-0.39, 0.29) is 0 Å². The van der Waals surface area contributed by atoms with Crippen molar-refractivity contribution in [2.75, 3.05) is 79.4 Å². The molecule has 2 saturated heterocycles. The van der Waals surface area contributed by atoms with Gasteiger partial charge in [-0.05, 0) is 90.8 Å². The molecule has 55 heavy (non-hydrogen) atoms. The predicted octanol–water partition coefficient (Wildman–Crippen LogP) is 8.09. The van der Waals surface area contributed by atoms with Crippen LogP contribution in [0.3, 0.4) is 0 Å². The van der Waals surface area contributed by atoms with Gasteiger partial charge in [-0.15, -0.1) is 22.7 Å². The van der Waals surface area contributed by atoms with Gasteiger partial charge in [-0.1, -0.05) is 32.2 Å². The zero-order valence-electron chi connectivity index (χ0n) is 32.1. The van der Waals surface area contributed by atoms with E-state index in [1.165, 1.54) is 31.5 Å². The first-order valence-electron chi connectivity index (χ1n) is 19.1. The highest BCUT2D eigenvalue weighted by molar-refractivity contribution is 7.80. The molecule has 0 spiro atoms. The van der Waals surface area contributed by atoms with Crippen LogP contribution in [0.15, 0.2) is 67.8 Å². The number of benzene rings is 3. The minimum absolute atomic E-state index is 0.563. The van der Waals surface area contributed by atoms with Gasteiger partial charge in [0.1, 0.15) is 10.0 Å². The maximum atomic E-state index is 6.63. The van der Waals surface area contributed by atoms with Crippen molar-refractivity contribution >= 4 is 85.6 Å². The summed E-state index contributed by atoms with van der Waals surface area (Å²) in [6, 6.07) is 16.7. The van der Waals surface area contributed by atoms with Gasteiger partial charge < -0.3 is 27.0 Å². The van der Waals surface area contributed by atoms with Crippen molar-refractivity contribution < 1.29 is 0 Å². The summed E-state index contributed by atoms with van der Waals surface area (Å²) in [4.78, 5) is 21.2. The first-order chi connectivity index (χ1) is 26.6. The Kier molecular flexibility index (Phi) is 12.2. The monoisotopic (exact) mass is 791 g/mol. The number of piperazine rings is 2. The predicted molar refractivity (Wildman–Crippen MR) is 242 cm³/mol. The highest BCUT2D eigenvalue weighted by atomic mass is 32.1. The molecule has 4 heterocycles. The van der Waals surface area contributed by atoms with E-state index in [9.17, 15) is 0 Å². The van der Waals surface area contributed by atoms with Crippen molar-refractivity contribution in [2.45, 2.75) is 39.8 Å². The number of aromatic nitrogens is 2. The SMILES string of the molecule is C=C(N)c1ccc(N)cc1N1CCN(Cc2nc3ccc(-c4cc(N)cc(N5CCN(Cc6nc7c(s6)CCC=C7)CC5)c4C(=C)C)cc3s2)CC1.CCS. The molecule has 3 aromatic carbocycles. The molecule has 12 heteroatoms. The van der Waals surface area contributed by atoms with Gasteiger partial charge in [0.05, 0.1) is 29.0 Å². The summed E-state index contributed by atoms with van der Waals surface area (Å²) < 4.78 is 1.18. The minimum Gasteiger partial charge on any atom is -0.399 e. The summed E-state index contributed by atoms with van der Waals surface area (Å²) >= 11 is 7.45. The molecule has 3 aliphatic rings. The highest BCUT2D eigenvalue weighted by Gasteiger charge is 2.25. The lowest BCUT2D eigenvalue weighted by Crippen LogP contribution is -2.46. The normalized spacial score (nSPS) is 16.2. The maximum Gasteiger partial charge on any atom is 0.108 e. The lowest BCUT2D eigenvalue weighted by atomic mass is 9.92. The standard InChI is InChI=1S/C41H47N9S2.C2H6S/c1-26(2)41-32(21-30(44)23-36(41)50-18-14-48(15-19-50)24-39-45-33-6-4-5-7-37(33)51-39)28-8-11-34-38(20-28)52-40(46-34)25-47-12-16-49(17-13-47)35-22-29(43)9-10-31(35)27(3)42;1-2-3/h4,6,8-11,20-23H,1,3,5,7,12-19,24-25,42-44H2,2H3;3H,2H2,1H3. The number of hydrogen-bond acceptors (Lipinski definition) is 12. The van der Waals surface area contributed by atoms with E-state index < -0.39 is 0 Å². The van der Waals surface area contributed by atoms with Gasteiger partial charge in [0.15, 0.2) is 0 Å². The molecule has 5 aromatic rings. The highest BCUT2D eigenvalue weighted by Crippen LogP contribution is 2.40. The summed E-state index contributed by atoms with van der Waals surface area (Å²) in [6.07, 6.45) is 6.66. The number of aryl methyl sites for hydroxylation is 1. The topological polar surface area (TPSA) is 117 Å². The number of allylic oxidation sites excluding steroid dienone is 2. The molecule has 0 bridgehead atoms. The smallest absolute Gasteiger partial charge is 0.108 e. The van der Waals surface area contributed by atoms with Crippen LogP contribution in [0.1, 0.15) is 52.0 Å². The lowest BCUT2D eigenvalue weighted by molar-refractivity contribution is 0.249. The Morgan fingerprint density at radius 1 is 0.800 bits per heavy atom. The van der Waals surface area contributed by atoms with E-state index in [1.54, 1.807) is 11.3 Å². The van der Waals surface area contributed by atoms with Gasteiger partial charge in [0.2, 0.25) is 0 Å². The van der Waals surface area contributed by atoms with E-state index >= 15 is 0 Å². The molecule has 0 unspecified atom stereocenters. The van der Waals surface area contributed by atoms with Crippen LogP contribution in [0.5, 0.6) is 0 Å². The van der Waals surface area contributed by atoms with E-state index in [4.69, 9.17) is 27.2 Å². The average Bonchev–Trinajstić information content (AvgIpc) is 3.77. The molecule has 1 aliphatic carbocycles. The second-order valence-electron chi connectivity index (χ2n) is 14.5. The van der Waals surface area contributed by atoms with Crippen LogP contribution in [0, 0.1) is 0 Å². The van der Waals surface area contributed by atoms with Gasteiger partial charge in [-0.2, -0.15) is 12.6 Å². The Labute approximate surface area is 339 Å². The molecule has 288 valence electrons. The molecule has 2 aliphatic heterocycles. The lowest BCUT2D eigenvalue weighted by Gasteiger charge is -2.37. The van der Waals surface area contributed by atoms with Crippen LogP contribution < -0.4 is 27.0 Å². The van der Waals surface area contributed by atoms with Crippen molar-refractivity contribution in [2.24, 2.45) is 5.73 Å². The average molecular weight is 792 g/mol. The fraction of sp³-hybridized carbons (Fsp3) is 0.349. The fourth-order valence-electron chi connectivity index (χ4n) is 7.74. The van der Waals surface area contributed by atoms with Crippen molar-refractivity contribution in [1.82, 2.24) is 19.8 Å². The van der Waals surface area contributed by atoms with E-state index in [2.05, 4.69) is 94.8 Å². The number of fused-ring (bicyclic) bond motifs is 2. The number of thiazole rings is 2. The largest absolute Gasteiger partial charge is 0.399 e. The maximum absolute atomic E-state index is 6.63. The fourth-order valence-corrected chi connectivity index (χ4v) is 9.90.